The molecular weight excluding hydrogens is 382 g/mol. The van der Waals surface area contributed by atoms with Crippen molar-refractivity contribution in [2.45, 2.75) is 19.9 Å². The van der Waals surface area contributed by atoms with Gasteiger partial charge in [0, 0.05) is 18.2 Å². The summed E-state index contributed by atoms with van der Waals surface area (Å²) >= 11 is 0. The third-order valence-corrected chi connectivity index (χ3v) is 4.59. The Kier molecular flexibility index (Phi) is 7.21. The minimum Gasteiger partial charge on any atom is -0.497 e. The second kappa shape index (κ2) is 10.2. The molecule has 0 atom stereocenters. The summed E-state index contributed by atoms with van der Waals surface area (Å²) in [5.41, 5.74) is 2.31. The van der Waals surface area contributed by atoms with Crippen molar-refractivity contribution < 1.29 is 14.3 Å². The largest absolute Gasteiger partial charge is 0.497 e. The molecule has 30 heavy (non-hydrogen) atoms. The van der Waals surface area contributed by atoms with Crippen LogP contribution in [-0.2, 0) is 17.8 Å². The Hall–Kier alpha value is -3.61. The molecule has 0 unspecified atom stereocenters. The molecule has 7 nitrogen and oxygen atoms in total. The van der Waals surface area contributed by atoms with Crippen LogP contribution in [0.1, 0.15) is 12.5 Å². The molecule has 7 heteroatoms. The van der Waals surface area contributed by atoms with Gasteiger partial charge in [0.2, 0.25) is 0 Å². The zero-order chi connectivity index (χ0) is 21.3. The van der Waals surface area contributed by atoms with Crippen LogP contribution < -0.4 is 20.3 Å². The zero-order valence-electron chi connectivity index (χ0n) is 17.1. The third kappa shape index (κ3) is 5.47. The van der Waals surface area contributed by atoms with Crippen LogP contribution in [-0.4, -0.2) is 35.9 Å². The number of hydrogen-bond donors (Lipinski definition) is 1. The Morgan fingerprint density at radius 3 is 2.73 bits per heavy atom. The highest BCUT2D eigenvalue weighted by atomic mass is 16.5. The number of para-hydroxylation sites is 1. The molecule has 2 aromatic carbocycles. The average molecular weight is 407 g/mol. The van der Waals surface area contributed by atoms with E-state index in [1.165, 1.54) is 10.7 Å². The number of amides is 1. The molecule has 1 aromatic heterocycles. The lowest BCUT2D eigenvalue weighted by atomic mass is 10.1. The SMILES string of the molecule is CCc1ccccc1OCC(=O)NCCn1nc(-c2cccc(OC)c2)ccc1=O. The van der Waals surface area contributed by atoms with E-state index in [1.807, 2.05) is 55.5 Å². The molecule has 1 heterocycles. The van der Waals surface area contributed by atoms with E-state index in [4.69, 9.17) is 9.47 Å². The molecule has 0 aliphatic carbocycles. The molecule has 0 bridgehead atoms. The lowest BCUT2D eigenvalue weighted by Crippen LogP contribution is -2.34. The Bertz CT molecular complexity index is 1060. The van der Waals surface area contributed by atoms with Crippen molar-refractivity contribution in [1.82, 2.24) is 15.1 Å². The molecule has 0 aliphatic heterocycles. The molecule has 0 radical (unpaired) electrons. The molecule has 1 amide bonds. The van der Waals surface area contributed by atoms with Gasteiger partial charge in [-0.05, 0) is 36.2 Å². The number of ether oxygens (including phenoxy) is 2. The van der Waals surface area contributed by atoms with Crippen molar-refractivity contribution >= 4 is 5.91 Å². The second-order valence-electron chi connectivity index (χ2n) is 6.61. The maximum absolute atomic E-state index is 12.1. The third-order valence-electron chi connectivity index (χ3n) is 4.59. The lowest BCUT2D eigenvalue weighted by molar-refractivity contribution is -0.123. The van der Waals surface area contributed by atoms with Crippen LogP contribution in [0.3, 0.4) is 0 Å². The number of aromatic nitrogens is 2. The van der Waals surface area contributed by atoms with Gasteiger partial charge in [-0.15, -0.1) is 0 Å². The predicted molar refractivity (Wildman–Crippen MR) is 115 cm³/mol. The Morgan fingerprint density at radius 1 is 1.10 bits per heavy atom. The van der Waals surface area contributed by atoms with Crippen molar-refractivity contribution in [3.63, 3.8) is 0 Å². The molecule has 3 rings (SSSR count). The van der Waals surface area contributed by atoms with Crippen LogP contribution in [0.4, 0.5) is 0 Å². The predicted octanol–water partition coefficient (Wildman–Crippen LogP) is 2.68. The van der Waals surface area contributed by atoms with Gasteiger partial charge in [-0.2, -0.15) is 5.10 Å². The van der Waals surface area contributed by atoms with E-state index in [1.54, 1.807) is 13.2 Å². The summed E-state index contributed by atoms with van der Waals surface area (Å²) in [7, 11) is 1.60. The summed E-state index contributed by atoms with van der Waals surface area (Å²) in [5.74, 6) is 1.17. The summed E-state index contributed by atoms with van der Waals surface area (Å²) in [6, 6.07) is 18.2. The number of hydrogen-bond acceptors (Lipinski definition) is 5. The van der Waals surface area contributed by atoms with Gasteiger partial charge in [0.1, 0.15) is 11.5 Å². The second-order valence-corrected chi connectivity index (χ2v) is 6.61. The normalized spacial score (nSPS) is 10.5. The monoisotopic (exact) mass is 407 g/mol. The average Bonchev–Trinajstić information content (AvgIpc) is 2.79. The number of benzene rings is 2. The van der Waals surface area contributed by atoms with E-state index < -0.39 is 0 Å². The number of aryl methyl sites for hydroxylation is 1. The minimum atomic E-state index is -0.252. The summed E-state index contributed by atoms with van der Waals surface area (Å²) in [6.07, 6.45) is 0.829. The fourth-order valence-corrected chi connectivity index (χ4v) is 2.98. The van der Waals surface area contributed by atoms with Crippen LogP contribution in [0, 0.1) is 0 Å². The molecule has 3 aromatic rings. The number of nitrogens with one attached hydrogen (secondary N) is 1. The van der Waals surface area contributed by atoms with E-state index in [9.17, 15) is 9.59 Å². The summed E-state index contributed by atoms with van der Waals surface area (Å²) in [5, 5.41) is 7.16. The Labute approximate surface area is 175 Å². The molecule has 1 N–H and O–H groups in total. The molecule has 0 saturated carbocycles. The fraction of sp³-hybridized carbons (Fsp3) is 0.261. The van der Waals surface area contributed by atoms with Crippen LogP contribution in [0.2, 0.25) is 0 Å². The highest BCUT2D eigenvalue weighted by molar-refractivity contribution is 5.77. The number of rotatable bonds is 9. The standard InChI is InChI=1S/C23H25N3O4/c1-3-17-7-4-5-10-21(17)30-16-22(27)24-13-14-26-23(28)12-11-20(25-26)18-8-6-9-19(15-18)29-2/h4-12,15H,3,13-14,16H2,1-2H3,(H,24,27). The maximum Gasteiger partial charge on any atom is 0.266 e. The first-order valence-electron chi connectivity index (χ1n) is 9.80. The first-order chi connectivity index (χ1) is 14.6. The van der Waals surface area contributed by atoms with Gasteiger partial charge in [0.25, 0.3) is 11.5 Å². The van der Waals surface area contributed by atoms with Gasteiger partial charge < -0.3 is 14.8 Å². The van der Waals surface area contributed by atoms with Gasteiger partial charge in [0.05, 0.1) is 19.3 Å². The highest BCUT2D eigenvalue weighted by Gasteiger charge is 2.07. The molecule has 0 fully saturated rings. The van der Waals surface area contributed by atoms with Crippen LogP contribution in [0.5, 0.6) is 11.5 Å². The number of nitrogens with zero attached hydrogens (tertiary/aromatic N) is 2. The fourth-order valence-electron chi connectivity index (χ4n) is 2.98. The van der Waals surface area contributed by atoms with Gasteiger partial charge in [-0.25, -0.2) is 4.68 Å². The molecular formula is C23H25N3O4. The van der Waals surface area contributed by atoms with Crippen LogP contribution >= 0.6 is 0 Å². The van der Waals surface area contributed by atoms with Gasteiger partial charge >= 0.3 is 0 Å². The lowest BCUT2D eigenvalue weighted by Gasteiger charge is -2.11. The number of methoxy groups -OCH3 is 1. The van der Waals surface area contributed by atoms with E-state index in [-0.39, 0.29) is 31.2 Å². The molecule has 0 spiro atoms. The van der Waals surface area contributed by atoms with Crippen LogP contribution in [0.15, 0.2) is 65.5 Å². The first kappa shape index (κ1) is 21.1. The van der Waals surface area contributed by atoms with Gasteiger partial charge in [0.15, 0.2) is 6.61 Å². The van der Waals surface area contributed by atoms with Crippen molar-refractivity contribution in [3.05, 3.63) is 76.6 Å². The molecule has 0 saturated heterocycles. The maximum atomic E-state index is 12.1. The highest BCUT2D eigenvalue weighted by Crippen LogP contribution is 2.21. The number of carbonyl (C=O) groups is 1. The topological polar surface area (TPSA) is 82.4 Å². The van der Waals surface area contributed by atoms with Crippen molar-refractivity contribution in [2.24, 2.45) is 0 Å². The Morgan fingerprint density at radius 2 is 1.93 bits per heavy atom. The zero-order valence-corrected chi connectivity index (χ0v) is 17.1. The first-order valence-corrected chi connectivity index (χ1v) is 9.80. The van der Waals surface area contributed by atoms with Crippen molar-refractivity contribution in [2.75, 3.05) is 20.3 Å². The minimum absolute atomic E-state index is 0.0802. The molecule has 156 valence electrons. The summed E-state index contributed by atoms with van der Waals surface area (Å²) < 4.78 is 12.2. The smallest absolute Gasteiger partial charge is 0.266 e. The van der Waals surface area contributed by atoms with Gasteiger partial charge in [-0.3, -0.25) is 9.59 Å². The molecule has 0 aliphatic rings. The van der Waals surface area contributed by atoms with E-state index in [0.29, 0.717) is 17.2 Å². The van der Waals surface area contributed by atoms with Crippen molar-refractivity contribution in [3.8, 4) is 22.8 Å². The Balaban J connectivity index is 1.56. The van der Waals surface area contributed by atoms with E-state index in [0.717, 1.165) is 17.5 Å². The summed E-state index contributed by atoms with van der Waals surface area (Å²) in [6.45, 7) is 2.48. The quantitative estimate of drug-likeness (QED) is 0.590. The number of carbonyl (C=O) groups excluding carboxylic acids is 1. The van der Waals surface area contributed by atoms with Gasteiger partial charge in [-0.1, -0.05) is 37.3 Å². The van der Waals surface area contributed by atoms with E-state index >= 15 is 0 Å². The summed E-state index contributed by atoms with van der Waals surface area (Å²) in [4.78, 5) is 24.2. The van der Waals surface area contributed by atoms with Crippen molar-refractivity contribution in [1.29, 1.82) is 0 Å². The van der Waals surface area contributed by atoms with Crippen LogP contribution in [0.25, 0.3) is 11.3 Å². The van der Waals surface area contributed by atoms with E-state index in [2.05, 4.69) is 10.4 Å².